The first-order chi connectivity index (χ1) is 8.61. The first-order valence-electron chi connectivity index (χ1n) is 6.17. The average molecular weight is 250 g/mol. The zero-order valence-corrected chi connectivity index (χ0v) is 10.7. The first kappa shape index (κ1) is 12.8. The maximum absolute atomic E-state index is 11.0. The minimum absolute atomic E-state index is 0.0922. The van der Waals surface area contributed by atoms with Crippen LogP contribution in [-0.2, 0) is 0 Å². The molecule has 0 radical (unpaired) electrons. The van der Waals surface area contributed by atoms with Crippen molar-refractivity contribution in [2.45, 2.75) is 25.9 Å². The van der Waals surface area contributed by atoms with E-state index < -0.39 is 0 Å². The van der Waals surface area contributed by atoms with Crippen LogP contribution in [0.4, 0.5) is 5.69 Å². The third-order valence-electron chi connectivity index (χ3n) is 3.36. The van der Waals surface area contributed by atoms with Gasteiger partial charge in [0.25, 0.3) is 0 Å². The third kappa shape index (κ3) is 2.61. The van der Waals surface area contributed by atoms with E-state index in [1.54, 1.807) is 25.1 Å². The van der Waals surface area contributed by atoms with Crippen LogP contribution in [0.25, 0.3) is 0 Å². The number of benzene rings is 1. The van der Waals surface area contributed by atoms with E-state index in [9.17, 15) is 10.1 Å². The summed E-state index contributed by atoms with van der Waals surface area (Å²) < 4.78 is 5.73. The molecule has 18 heavy (non-hydrogen) atoms. The predicted molar refractivity (Wildman–Crippen MR) is 68.9 cm³/mol. The molecule has 0 spiro atoms. The molecule has 0 heterocycles. The zero-order valence-electron chi connectivity index (χ0n) is 10.7. The molecule has 1 aromatic carbocycles. The van der Waals surface area contributed by atoms with Gasteiger partial charge in [0, 0.05) is 5.56 Å². The number of nitro benzene ring substituents is 1. The predicted octanol–water partition coefficient (Wildman–Crippen LogP) is 2.28. The summed E-state index contributed by atoms with van der Waals surface area (Å²) in [6, 6.07) is 5.20. The van der Waals surface area contributed by atoms with E-state index in [0.717, 1.165) is 19.4 Å². The number of rotatable bonds is 5. The van der Waals surface area contributed by atoms with Crippen molar-refractivity contribution in [2.75, 3.05) is 13.6 Å². The SMILES string of the molecule is CNCC1CC(Oc2cccc(C)c2[N+](=O)[O-])C1. The summed E-state index contributed by atoms with van der Waals surface area (Å²) in [5, 5.41) is 14.1. The second-order valence-electron chi connectivity index (χ2n) is 4.81. The number of aryl methyl sites for hydroxylation is 1. The molecule has 5 nitrogen and oxygen atoms in total. The Morgan fingerprint density at radius 1 is 1.50 bits per heavy atom. The Morgan fingerprint density at radius 2 is 2.22 bits per heavy atom. The van der Waals surface area contributed by atoms with Crippen molar-refractivity contribution in [2.24, 2.45) is 5.92 Å². The lowest BCUT2D eigenvalue weighted by molar-refractivity contribution is -0.386. The summed E-state index contributed by atoms with van der Waals surface area (Å²) in [4.78, 5) is 10.6. The van der Waals surface area contributed by atoms with Crippen molar-refractivity contribution >= 4 is 5.69 Å². The van der Waals surface area contributed by atoms with Gasteiger partial charge in [-0.1, -0.05) is 12.1 Å². The zero-order chi connectivity index (χ0) is 13.1. The normalized spacial score (nSPS) is 22.3. The molecule has 1 fully saturated rings. The highest BCUT2D eigenvalue weighted by atomic mass is 16.6. The van der Waals surface area contributed by atoms with E-state index in [1.807, 2.05) is 7.05 Å². The molecule has 5 heteroatoms. The largest absolute Gasteiger partial charge is 0.483 e. The van der Waals surface area contributed by atoms with Crippen LogP contribution in [0, 0.1) is 23.0 Å². The van der Waals surface area contributed by atoms with Crippen LogP contribution >= 0.6 is 0 Å². The molecule has 2 rings (SSSR count). The molecular weight excluding hydrogens is 232 g/mol. The molecule has 0 unspecified atom stereocenters. The van der Waals surface area contributed by atoms with Crippen molar-refractivity contribution < 1.29 is 9.66 Å². The Kier molecular flexibility index (Phi) is 3.81. The highest BCUT2D eigenvalue weighted by Crippen LogP contribution is 2.36. The van der Waals surface area contributed by atoms with Gasteiger partial charge < -0.3 is 10.1 Å². The fourth-order valence-corrected chi connectivity index (χ4v) is 2.37. The van der Waals surface area contributed by atoms with Crippen LogP contribution in [0.3, 0.4) is 0 Å². The summed E-state index contributed by atoms with van der Waals surface area (Å²) >= 11 is 0. The number of ether oxygens (including phenoxy) is 1. The molecule has 1 N–H and O–H groups in total. The molecule has 0 atom stereocenters. The highest BCUT2D eigenvalue weighted by molar-refractivity contribution is 5.52. The summed E-state index contributed by atoms with van der Waals surface area (Å²) in [6.07, 6.45) is 2.04. The topological polar surface area (TPSA) is 64.4 Å². The summed E-state index contributed by atoms with van der Waals surface area (Å²) in [7, 11) is 1.93. The van der Waals surface area contributed by atoms with E-state index >= 15 is 0 Å². The second kappa shape index (κ2) is 5.35. The van der Waals surface area contributed by atoms with Gasteiger partial charge in [0.2, 0.25) is 0 Å². The lowest BCUT2D eigenvalue weighted by Gasteiger charge is -2.35. The molecule has 0 aromatic heterocycles. The number of para-hydroxylation sites is 1. The van der Waals surface area contributed by atoms with Gasteiger partial charge in [-0.05, 0) is 45.3 Å². The lowest BCUT2D eigenvalue weighted by Crippen LogP contribution is -2.38. The van der Waals surface area contributed by atoms with Gasteiger partial charge in [-0.3, -0.25) is 10.1 Å². The van der Waals surface area contributed by atoms with Crippen LogP contribution in [0.15, 0.2) is 18.2 Å². The fourth-order valence-electron chi connectivity index (χ4n) is 2.37. The molecule has 0 bridgehead atoms. The van der Waals surface area contributed by atoms with Crippen molar-refractivity contribution in [3.05, 3.63) is 33.9 Å². The fraction of sp³-hybridized carbons (Fsp3) is 0.538. The third-order valence-corrected chi connectivity index (χ3v) is 3.36. The van der Waals surface area contributed by atoms with Gasteiger partial charge >= 0.3 is 5.69 Å². The van der Waals surface area contributed by atoms with Gasteiger partial charge in [-0.15, -0.1) is 0 Å². The quantitative estimate of drug-likeness (QED) is 0.643. The van der Waals surface area contributed by atoms with Gasteiger partial charge in [-0.2, -0.15) is 0 Å². The van der Waals surface area contributed by atoms with Crippen molar-refractivity contribution in [3.63, 3.8) is 0 Å². The van der Waals surface area contributed by atoms with Crippen molar-refractivity contribution in [1.82, 2.24) is 5.32 Å². The number of nitrogens with zero attached hydrogens (tertiary/aromatic N) is 1. The van der Waals surface area contributed by atoms with Crippen molar-refractivity contribution in [1.29, 1.82) is 0 Å². The van der Waals surface area contributed by atoms with Crippen LogP contribution in [0.2, 0.25) is 0 Å². The molecule has 0 aliphatic heterocycles. The highest BCUT2D eigenvalue weighted by Gasteiger charge is 2.32. The monoisotopic (exact) mass is 250 g/mol. The average Bonchev–Trinajstić information content (AvgIpc) is 2.25. The van der Waals surface area contributed by atoms with Crippen LogP contribution in [-0.4, -0.2) is 24.6 Å². The lowest BCUT2D eigenvalue weighted by atomic mass is 9.82. The Morgan fingerprint density at radius 3 is 2.83 bits per heavy atom. The molecule has 0 amide bonds. The van der Waals surface area contributed by atoms with Crippen LogP contribution in [0.1, 0.15) is 18.4 Å². The Labute approximate surface area is 106 Å². The van der Waals surface area contributed by atoms with Crippen LogP contribution in [0.5, 0.6) is 5.75 Å². The minimum atomic E-state index is -0.367. The van der Waals surface area contributed by atoms with E-state index in [0.29, 0.717) is 17.2 Å². The summed E-state index contributed by atoms with van der Waals surface area (Å²) in [5.41, 5.74) is 0.734. The van der Waals surface area contributed by atoms with E-state index in [1.165, 1.54) is 0 Å². The van der Waals surface area contributed by atoms with Gasteiger partial charge in [-0.25, -0.2) is 0 Å². The summed E-state index contributed by atoms with van der Waals surface area (Å²) in [6.45, 7) is 2.71. The molecule has 1 aliphatic carbocycles. The Balaban J connectivity index is 2.02. The summed E-state index contributed by atoms with van der Waals surface area (Å²) in [5.74, 6) is 1.02. The van der Waals surface area contributed by atoms with E-state index in [4.69, 9.17) is 4.74 Å². The number of nitrogens with one attached hydrogen (secondary N) is 1. The molecule has 1 aromatic rings. The smallest absolute Gasteiger partial charge is 0.313 e. The minimum Gasteiger partial charge on any atom is -0.483 e. The number of hydrogen-bond donors (Lipinski definition) is 1. The Hall–Kier alpha value is -1.62. The molecular formula is C13H18N2O3. The molecule has 1 aliphatic rings. The molecule has 1 saturated carbocycles. The maximum Gasteiger partial charge on any atom is 0.313 e. The van der Waals surface area contributed by atoms with Gasteiger partial charge in [0.05, 0.1) is 11.0 Å². The molecule has 0 saturated heterocycles. The van der Waals surface area contributed by atoms with Crippen molar-refractivity contribution in [3.8, 4) is 5.75 Å². The van der Waals surface area contributed by atoms with Crippen LogP contribution < -0.4 is 10.1 Å². The van der Waals surface area contributed by atoms with Gasteiger partial charge in [0.15, 0.2) is 5.75 Å². The Bertz CT molecular complexity index is 442. The number of hydrogen-bond acceptors (Lipinski definition) is 4. The first-order valence-corrected chi connectivity index (χ1v) is 6.17. The van der Waals surface area contributed by atoms with Gasteiger partial charge in [0.1, 0.15) is 0 Å². The standard InChI is InChI=1S/C13H18N2O3/c1-9-4-3-5-12(13(9)15(16)17)18-11-6-10(7-11)8-14-2/h3-5,10-11,14H,6-8H2,1-2H3. The maximum atomic E-state index is 11.0. The van der Waals surface area contributed by atoms with E-state index in [2.05, 4.69) is 5.32 Å². The number of nitro groups is 1. The second-order valence-corrected chi connectivity index (χ2v) is 4.81. The van der Waals surface area contributed by atoms with E-state index in [-0.39, 0.29) is 16.7 Å². The molecule has 98 valence electrons.